The Morgan fingerprint density at radius 1 is 1.53 bits per heavy atom. The van der Waals surface area contributed by atoms with Gasteiger partial charge in [0.1, 0.15) is 5.52 Å². The molecule has 1 N–H and O–H groups in total. The summed E-state index contributed by atoms with van der Waals surface area (Å²) in [4.78, 5) is 4.16. The molecule has 1 unspecified atom stereocenters. The predicted octanol–water partition coefficient (Wildman–Crippen LogP) is 2.79. The van der Waals surface area contributed by atoms with E-state index in [1.807, 2.05) is 20.8 Å². The summed E-state index contributed by atoms with van der Waals surface area (Å²) in [7, 11) is -1.21. The normalized spacial score (nSPS) is 13.9. The number of pyridine rings is 1. The summed E-state index contributed by atoms with van der Waals surface area (Å²) in [5.74, 6) is -0.363. The van der Waals surface area contributed by atoms with E-state index in [1.165, 1.54) is 0 Å². The van der Waals surface area contributed by atoms with Crippen molar-refractivity contribution in [3.8, 4) is 0 Å². The topological polar surface area (TPSA) is 46.4 Å². The molecule has 2 rings (SSSR count). The van der Waals surface area contributed by atoms with Gasteiger partial charge in [-0.1, -0.05) is 0 Å². The van der Waals surface area contributed by atoms with Crippen LogP contribution in [0.15, 0.2) is 23.1 Å². The molecule has 19 heavy (non-hydrogen) atoms. The average molecular weight is 348 g/mol. The quantitative estimate of drug-likeness (QED) is 0.927. The van der Waals surface area contributed by atoms with E-state index in [0.29, 0.717) is 15.7 Å². The fraction of sp³-hybridized carbons (Fsp3) is 0.417. The van der Waals surface area contributed by atoms with Crippen molar-refractivity contribution in [2.24, 2.45) is 0 Å². The number of nitrogens with one attached hydrogen (secondary N) is 1. The molecular formula is C12H15BrFN3OS. The summed E-state index contributed by atoms with van der Waals surface area (Å²) in [6.07, 6.45) is 3.27. The molecule has 0 aromatic carbocycles. The third-order valence-electron chi connectivity index (χ3n) is 2.60. The minimum atomic E-state index is -1.21. The van der Waals surface area contributed by atoms with Crippen molar-refractivity contribution in [2.75, 3.05) is 0 Å². The Balaban J connectivity index is 2.27. The van der Waals surface area contributed by atoms with Crippen LogP contribution in [-0.4, -0.2) is 18.3 Å². The lowest BCUT2D eigenvalue weighted by Crippen LogP contribution is -2.33. The van der Waals surface area contributed by atoms with E-state index in [1.54, 1.807) is 23.0 Å². The minimum absolute atomic E-state index is 0.258. The summed E-state index contributed by atoms with van der Waals surface area (Å²) in [6.45, 7) is 5.88. The van der Waals surface area contributed by atoms with Crippen molar-refractivity contribution < 1.29 is 8.60 Å². The molecule has 104 valence electrons. The highest BCUT2D eigenvalue weighted by atomic mass is 79.9. The minimum Gasteiger partial charge on any atom is -0.303 e. The van der Waals surface area contributed by atoms with Crippen molar-refractivity contribution in [1.29, 1.82) is 0 Å². The van der Waals surface area contributed by atoms with Crippen LogP contribution in [0.3, 0.4) is 0 Å². The number of fused-ring (bicyclic) bond motifs is 1. The van der Waals surface area contributed by atoms with Crippen LogP contribution in [0, 0.1) is 5.82 Å². The molecule has 0 aliphatic heterocycles. The smallest absolute Gasteiger partial charge is 0.163 e. The van der Waals surface area contributed by atoms with E-state index >= 15 is 0 Å². The molecule has 0 radical (unpaired) electrons. The number of hydrogen-bond acceptors (Lipinski definition) is 2. The molecule has 2 aromatic rings. The second-order valence-corrected chi connectivity index (χ2v) is 8.03. The van der Waals surface area contributed by atoms with Gasteiger partial charge in [0, 0.05) is 6.20 Å². The molecule has 0 aliphatic rings. The van der Waals surface area contributed by atoms with Crippen LogP contribution in [0.1, 0.15) is 26.5 Å². The number of hydrogen-bond donors (Lipinski definition) is 1. The van der Waals surface area contributed by atoms with E-state index in [9.17, 15) is 8.60 Å². The van der Waals surface area contributed by atoms with Crippen LogP contribution in [0.4, 0.5) is 4.39 Å². The van der Waals surface area contributed by atoms with Gasteiger partial charge in [0.25, 0.3) is 0 Å². The molecule has 1 atom stereocenters. The van der Waals surface area contributed by atoms with Crippen LogP contribution in [0.5, 0.6) is 0 Å². The van der Waals surface area contributed by atoms with Crippen molar-refractivity contribution in [1.82, 2.24) is 14.1 Å². The largest absolute Gasteiger partial charge is 0.303 e. The van der Waals surface area contributed by atoms with Crippen molar-refractivity contribution in [3.05, 3.63) is 34.6 Å². The molecule has 2 heterocycles. The van der Waals surface area contributed by atoms with Crippen molar-refractivity contribution in [3.63, 3.8) is 0 Å². The number of imidazole rings is 1. The van der Waals surface area contributed by atoms with E-state index in [4.69, 9.17) is 0 Å². The van der Waals surface area contributed by atoms with Gasteiger partial charge in [-0.2, -0.15) is 0 Å². The zero-order valence-electron chi connectivity index (χ0n) is 10.9. The Bertz CT molecular complexity index is 636. The maximum Gasteiger partial charge on any atom is 0.163 e. The first kappa shape index (κ1) is 14.6. The molecule has 0 aliphatic carbocycles. The monoisotopic (exact) mass is 347 g/mol. The number of halogens is 2. The third kappa shape index (κ3) is 3.04. The van der Waals surface area contributed by atoms with Gasteiger partial charge in [-0.05, 0) is 42.8 Å². The lowest BCUT2D eigenvalue weighted by atomic mass is 10.3. The second kappa shape index (κ2) is 5.30. The molecule has 0 spiro atoms. The molecule has 0 saturated carbocycles. The highest BCUT2D eigenvalue weighted by molar-refractivity contribution is 9.10. The lowest BCUT2D eigenvalue weighted by molar-refractivity contribution is 0.622. The molecular weight excluding hydrogens is 333 g/mol. The molecule has 4 nitrogen and oxygen atoms in total. The van der Waals surface area contributed by atoms with Gasteiger partial charge in [-0.3, -0.25) is 0 Å². The van der Waals surface area contributed by atoms with Gasteiger partial charge in [0.2, 0.25) is 0 Å². The second-order valence-electron chi connectivity index (χ2n) is 5.13. The van der Waals surface area contributed by atoms with Crippen LogP contribution in [-0.2, 0) is 17.5 Å². The summed E-state index contributed by atoms with van der Waals surface area (Å²) in [6, 6.07) is 1.62. The average Bonchev–Trinajstić information content (AvgIpc) is 2.73. The van der Waals surface area contributed by atoms with Crippen LogP contribution in [0.2, 0.25) is 0 Å². The zero-order valence-corrected chi connectivity index (χ0v) is 13.3. The summed E-state index contributed by atoms with van der Waals surface area (Å²) < 4.78 is 30.5. The molecule has 7 heteroatoms. The van der Waals surface area contributed by atoms with Crippen molar-refractivity contribution >= 4 is 32.4 Å². The van der Waals surface area contributed by atoms with Gasteiger partial charge in [0.05, 0.1) is 38.8 Å². The zero-order chi connectivity index (χ0) is 14.2. The van der Waals surface area contributed by atoms with Crippen LogP contribution in [0.25, 0.3) is 5.52 Å². The van der Waals surface area contributed by atoms with Gasteiger partial charge < -0.3 is 4.40 Å². The van der Waals surface area contributed by atoms with Gasteiger partial charge in [-0.15, -0.1) is 0 Å². The molecule has 0 bridgehead atoms. The van der Waals surface area contributed by atoms with Gasteiger partial charge in [0.15, 0.2) is 5.82 Å². The highest BCUT2D eigenvalue weighted by Crippen LogP contribution is 2.22. The predicted molar refractivity (Wildman–Crippen MR) is 77.6 cm³/mol. The number of rotatable bonds is 3. The number of nitrogens with zero attached hydrogens (tertiary/aromatic N) is 2. The fourth-order valence-electron chi connectivity index (χ4n) is 1.56. The van der Waals surface area contributed by atoms with E-state index < -0.39 is 11.0 Å². The first-order chi connectivity index (χ1) is 8.80. The standard InChI is InChI=1S/C12H15BrFN3OS/c1-12(2,3)19(18)16-6-9-11-10(14)8(13)4-5-17(11)7-15-9/h4-5,7,16H,6H2,1-3H3. The Morgan fingerprint density at radius 2 is 2.21 bits per heavy atom. The van der Waals surface area contributed by atoms with E-state index in [-0.39, 0.29) is 17.1 Å². The van der Waals surface area contributed by atoms with Gasteiger partial charge >= 0.3 is 0 Å². The third-order valence-corrected chi connectivity index (χ3v) is 4.73. The van der Waals surface area contributed by atoms with Crippen LogP contribution < -0.4 is 4.72 Å². The van der Waals surface area contributed by atoms with Gasteiger partial charge in [-0.25, -0.2) is 18.3 Å². The Kier molecular flexibility index (Phi) is 4.08. The first-order valence-corrected chi connectivity index (χ1v) is 7.70. The highest BCUT2D eigenvalue weighted by Gasteiger charge is 2.20. The maximum absolute atomic E-state index is 14.0. The maximum atomic E-state index is 14.0. The Morgan fingerprint density at radius 3 is 2.84 bits per heavy atom. The fourth-order valence-corrected chi connectivity index (χ4v) is 2.57. The lowest BCUT2D eigenvalue weighted by Gasteiger charge is -2.17. The van der Waals surface area contributed by atoms with E-state index in [0.717, 1.165) is 0 Å². The first-order valence-electron chi connectivity index (χ1n) is 5.75. The number of aromatic nitrogens is 2. The van der Waals surface area contributed by atoms with E-state index in [2.05, 4.69) is 25.6 Å². The summed E-state index contributed by atoms with van der Waals surface area (Å²) in [5.41, 5.74) is 0.934. The molecule has 0 amide bonds. The Hall–Kier alpha value is -0.790. The SMILES string of the molecule is CC(C)(C)S(=O)NCc1ncn2ccc(Br)c(F)c12. The summed E-state index contributed by atoms with van der Waals surface area (Å²) >= 11 is 3.15. The molecule has 0 saturated heterocycles. The Labute approximate surface area is 122 Å². The molecule has 0 fully saturated rings. The molecule has 2 aromatic heterocycles. The summed E-state index contributed by atoms with van der Waals surface area (Å²) in [5, 5.41) is 0. The van der Waals surface area contributed by atoms with Crippen LogP contribution >= 0.6 is 15.9 Å². The van der Waals surface area contributed by atoms with Crippen molar-refractivity contribution in [2.45, 2.75) is 32.1 Å².